The van der Waals surface area contributed by atoms with Crippen LogP contribution in [0.5, 0.6) is 11.5 Å². The molecule has 0 spiro atoms. The van der Waals surface area contributed by atoms with E-state index in [4.69, 9.17) is 47.4 Å². The van der Waals surface area contributed by atoms with E-state index in [1.807, 2.05) is 48.5 Å². The number of nitrogens with one attached hydrogen (secondary N) is 1. The number of methoxy groups -OCH3 is 2. The first-order valence-electron chi connectivity index (χ1n) is 12.4. The number of halogens is 2. The van der Waals surface area contributed by atoms with Crippen molar-refractivity contribution in [3.8, 4) is 34.0 Å². The fraction of sp³-hybridized carbons (Fsp3) is 0.0968. The van der Waals surface area contributed by atoms with Crippen LogP contribution in [0.3, 0.4) is 0 Å². The van der Waals surface area contributed by atoms with Gasteiger partial charge in [-0.25, -0.2) is 14.8 Å². The Balaban J connectivity index is 1.42. The van der Waals surface area contributed by atoms with Crippen LogP contribution in [0.2, 0.25) is 10.0 Å². The molecule has 0 saturated carbocycles. The third-order valence-electron chi connectivity index (χ3n) is 6.11. The second kappa shape index (κ2) is 12.2. The van der Waals surface area contributed by atoms with Gasteiger partial charge in [0, 0.05) is 26.9 Å². The van der Waals surface area contributed by atoms with Crippen molar-refractivity contribution in [3.05, 3.63) is 101 Å². The summed E-state index contributed by atoms with van der Waals surface area (Å²) in [6.45, 7) is -0.500. The van der Waals surface area contributed by atoms with Crippen LogP contribution in [-0.4, -0.2) is 42.7 Å². The Morgan fingerprint density at radius 2 is 1.24 bits per heavy atom. The lowest BCUT2D eigenvalue weighted by molar-refractivity contribution is -0.119. The molecule has 10 heteroatoms. The highest BCUT2D eigenvalue weighted by molar-refractivity contribution is 6.35. The molecule has 0 atom stereocenters. The van der Waals surface area contributed by atoms with E-state index in [9.17, 15) is 9.59 Å². The van der Waals surface area contributed by atoms with E-state index >= 15 is 0 Å². The smallest absolute Gasteiger partial charge is 0.338 e. The average Bonchev–Trinajstić information content (AvgIpc) is 2.98. The van der Waals surface area contributed by atoms with Crippen LogP contribution in [0, 0.1) is 0 Å². The Morgan fingerprint density at radius 1 is 0.707 bits per heavy atom. The predicted molar refractivity (Wildman–Crippen MR) is 159 cm³/mol. The van der Waals surface area contributed by atoms with Crippen LogP contribution in [0.4, 0.5) is 5.69 Å². The summed E-state index contributed by atoms with van der Waals surface area (Å²) in [6, 6.07) is 24.5. The summed E-state index contributed by atoms with van der Waals surface area (Å²) >= 11 is 11.9. The molecule has 0 unspecified atom stereocenters. The van der Waals surface area contributed by atoms with Crippen LogP contribution in [0.15, 0.2) is 84.9 Å². The highest BCUT2D eigenvalue weighted by Crippen LogP contribution is 2.33. The maximum Gasteiger partial charge on any atom is 0.338 e. The number of carbonyl (C=O) groups excluding carboxylic acids is 2. The van der Waals surface area contributed by atoms with E-state index < -0.39 is 18.5 Å². The average molecular weight is 588 g/mol. The molecule has 41 heavy (non-hydrogen) atoms. The van der Waals surface area contributed by atoms with Gasteiger partial charge in [0.15, 0.2) is 6.61 Å². The normalized spacial score (nSPS) is 10.7. The van der Waals surface area contributed by atoms with Gasteiger partial charge in [-0.3, -0.25) is 4.79 Å². The predicted octanol–water partition coefficient (Wildman–Crippen LogP) is 7.08. The molecule has 8 nitrogen and oxygen atoms in total. The first kappa shape index (κ1) is 27.9. The molecule has 0 bridgehead atoms. The summed E-state index contributed by atoms with van der Waals surface area (Å²) in [5.74, 6) is 0.212. The van der Waals surface area contributed by atoms with Crippen LogP contribution >= 0.6 is 23.2 Å². The van der Waals surface area contributed by atoms with E-state index in [0.717, 1.165) is 16.9 Å². The highest BCUT2D eigenvalue weighted by Gasteiger charge is 2.17. The Morgan fingerprint density at radius 3 is 1.78 bits per heavy atom. The maximum atomic E-state index is 12.8. The maximum absolute atomic E-state index is 12.8. The minimum atomic E-state index is -0.682. The summed E-state index contributed by atoms with van der Waals surface area (Å²) < 4.78 is 15.8. The van der Waals surface area contributed by atoms with Gasteiger partial charge in [-0.1, -0.05) is 23.2 Å². The number of rotatable bonds is 8. The summed E-state index contributed by atoms with van der Waals surface area (Å²) in [5, 5.41) is 3.33. The van der Waals surface area contributed by atoms with Gasteiger partial charge in [0.2, 0.25) is 0 Å². The zero-order valence-electron chi connectivity index (χ0n) is 22.0. The minimum absolute atomic E-state index is 0.225. The summed E-state index contributed by atoms with van der Waals surface area (Å²) in [6.07, 6.45) is 0. The fourth-order valence-corrected chi connectivity index (χ4v) is 4.65. The van der Waals surface area contributed by atoms with Crippen LogP contribution in [0.25, 0.3) is 33.5 Å². The number of carbonyl (C=O) groups is 2. The van der Waals surface area contributed by atoms with Gasteiger partial charge in [0.05, 0.1) is 42.2 Å². The Kier molecular flexibility index (Phi) is 8.33. The SMILES string of the molecule is COc1ccc(-c2nc3ccc(C(=O)OCC(=O)Nc4cc(Cl)cc(Cl)c4)cc3nc2-c2ccc(OC)cc2)cc1. The van der Waals surface area contributed by atoms with Gasteiger partial charge < -0.3 is 19.5 Å². The molecule has 4 aromatic carbocycles. The topological polar surface area (TPSA) is 99.6 Å². The fourth-order valence-electron chi connectivity index (χ4n) is 4.12. The number of ether oxygens (including phenoxy) is 3. The third-order valence-corrected chi connectivity index (χ3v) is 6.54. The van der Waals surface area contributed by atoms with Crippen molar-refractivity contribution in [2.24, 2.45) is 0 Å². The molecule has 5 aromatic rings. The number of hydrogen-bond donors (Lipinski definition) is 1. The third kappa shape index (κ3) is 6.57. The van der Waals surface area contributed by atoms with Crippen LogP contribution in [-0.2, 0) is 9.53 Å². The van der Waals surface area contributed by atoms with Crippen molar-refractivity contribution >= 4 is 51.8 Å². The standard InChI is InChI=1S/C31H23Cl2N3O5/c1-39-24-8-3-18(4-9-24)29-30(19-5-10-25(40-2)11-6-19)36-27-13-20(7-12-26(27)35-29)31(38)41-17-28(37)34-23-15-21(32)14-22(33)16-23/h3-16H,17H2,1-2H3,(H,34,37). The number of amides is 1. The molecule has 0 fully saturated rings. The molecule has 1 heterocycles. The summed E-state index contributed by atoms with van der Waals surface area (Å²) in [5.41, 5.74) is 4.64. The molecule has 0 aliphatic rings. The monoisotopic (exact) mass is 587 g/mol. The number of hydrogen-bond acceptors (Lipinski definition) is 7. The van der Waals surface area contributed by atoms with Crippen molar-refractivity contribution in [2.75, 3.05) is 26.1 Å². The second-order valence-electron chi connectivity index (χ2n) is 8.86. The highest BCUT2D eigenvalue weighted by atomic mass is 35.5. The van der Waals surface area contributed by atoms with Gasteiger partial charge in [-0.2, -0.15) is 0 Å². The Bertz CT molecular complexity index is 1720. The van der Waals surface area contributed by atoms with E-state index in [2.05, 4.69) is 5.32 Å². The van der Waals surface area contributed by atoms with Gasteiger partial charge in [-0.05, 0) is 84.9 Å². The number of aromatic nitrogens is 2. The molecule has 1 amide bonds. The van der Waals surface area contributed by atoms with Crippen molar-refractivity contribution in [2.45, 2.75) is 0 Å². The lowest BCUT2D eigenvalue weighted by atomic mass is 10.0. The van der Waals surface area contributed by atoms with E-state index in [1.54, 1.807) is 38.5 Å². The van der Waals surface area contributed by atoms with E-state index in [0.29, 0.717) is 43.9 Å². The number of anilines is 1. The van der Waals surface area contributed by atoms with Crippen molar-refractivity contribution < 1.29 is 23.8 Å². The number of benzene rings is 4. The quantitative estimate of drug-likeness (QED) is 0.193. The van der Waals surface area contributed by atoms with Crippen molar-refractivity contribution in [1.29, 1.82) is 0 Å². The lowest BCUT2D eigenvalue weighted by Gasteiger charge is -2.12. The molecule has 5 rings (SSSR count). The number of esters is 1. The molecule has 1 N–H and O–H groups in total. The summed E-state index contributed by atoms with van der Waals surface area (Å²) in [4.78, 5) is 34.9. The molecule has 1 aromatic heterocycles. The minimum Gasteiger partial charge on any atom is -0.497 e. The Hall–Kier alpha value is -4.66. The van der Waals surface area contributed by atoms with Crippen LogP contribution in [0.1, 0.15) is 10.4 Å². The molecule has 0 aliphatic carbocycles. The first-order chi connectivity index (χ1) is 19.8. The largest absolute Gasteiger partial charge is 0.497 e. The number of nitrogens with zero attached hydrogens (tertiary/aromatic N) is 2. The molecule has 0 saturated heterocycles. The van der Waals surface area contributed by atoms with E-state index in [1.165, 1.54) is 12.1 Å². The van der Waals surface area contributed by atoms with Gasteiger partial charge in [0.25, 0.3) is 5.91 Å². The summed E-state index contributed by atoms with van der Waals surface area (Å²) in [7, 11) is 3.21. The first-order valence-corrected chi connectivity index (χ1v) is 13.1. The molecule has 0 aliphatic heterocycles. The van der Waals surface area contributed by atoms with Crippen molar-refractivity contribution in [1.82, 2.24) is 9.97 Å². The van der Waals surface area contributed by atoms with Crippen LogP contribution < -0.4 is 14.8 Å². The molecular weight excluding hydrogens is 565 g/mol. The zero-order valence-corrected chi connectivity index (χ0v) is 23.5. The van der Waals surface area contributed by atoms with Gasteiger partial charge >= 0.3 is 5.97 Å². The second-order valence-corrected chi connectivity index (χ2v) is 9.74. The van der Waals surface area contributed by atoms with Crippen molar-refractivity contribution in [3.63, 3.8) is 0 Å². The van der Waals surface area contributed by atoms with E-state index in [-0.39, 0.29) is 5.56 Å². The zero-order chi connectivity index (χ0) is 28.9. The van der Waals surface area contributed by atoms with Gasteiger partial charge in [-0.15, -0.1) is 0 Å². The molecule has 206 valence electrons. The molecule has 0 radical (unpaired) electrons. The number of fused-ring (bicyclic) bond motifs is 1. The van der Waals surface area contributed by atoms with Gasteiger partial charge in [0.1, 0.15) is 11.5 Å². The Labute approximate surface area is 245 Å². The molecular formula is C31H23Cl2N3O5. The lowest BCUT2D eigenvalue weighted by Crippen LogP contribution is -2.21.